The minimum absolute atomic E-state index is 0.247. The maximum Gasteiger partial charge on any atom is 0.125 e. The molecular formula is C20H23NO3. The van der Waals surface area contributed by atoms with E-state index in [1.165, 1.54) is 0 Å². The van der Waals surface area contributed by atoms with Gasteiger partial charge < -0.3 is 14.2 Å². The quantitative estimate of drug-likeness (QED) is 0.768. The zero-order valence-electron chi connectivity index (χ0n) is 14.6. The lowest BCUT2D eigenvalue weighted by Gasteiger charge is -2.15. The Kier molecular flexibility index (Phi) is 6.08. The molecule has 4 nitrogen and oxygen atoms in total. The predicted molar refractivity (Wildman–Crippen MR) is 94.0 cm³/mol. The first-order valence-corrected chi connectivity index (χ1v) is 7.94. The Hall–Kier alpha value is -2.67. The van der Waals surface area contributed by atoms with Crippen LogP contribution in [0.3, 0.4) is 0 Å². The molecule has 0 bridgehead atoms. The number of nitriles is 1. The molecule has 126 valence electrons. The molecule has 0 aromatic heterocycles. The van der Waals surface area contributed by atoms with Crippen LogP contribution < -0.4 is 14.2 Å². The van der Waals surface area contributed by atoms with Gasteiger partial charge in [0.2, 0.25) is 0 Å². The second kappa shape index (κ2) is 8.26. The average molecular weight is 325 g/mol. The van der Waals surface area contributed by atoms with Crippen molar-refractivity contribution in [3.05, 3.63) is 53.1 Å². The molecule has 0 saturated heterocycles. The summed E-state index contributed by atoms with van der Waals surface area (Å²) in [7, 11) is 4.91. The van der Waals surface area contributed by atoms with Gasteiger partial charge in [-0.25, -0.2) is 0 Å². The maximum atomic E-state index is 9.65. The zero-order chi connectivity index (χ0) is 17.5. The molecule has 24 heavy (non-hydrogen) atoms. The van der Waals surface area contributed by atoms with Crippen LogP contribution in [-0.4, -0.2) is 21.3 Å². The fourth-order valence-electron chi connectivity index (χ4n) is 2.77. The first-order valence-electron chi connectivity index (χ1n) is 7.94. The van der Waals surface area contributed by atoms with Crippen molar-refractivity contribution in [1.82, 2.24) is 0 Å². The van der Waals surface area contributed by atoms with E-state index in [1.54, 1.807) is 21.3 Å². The Bertz CT molecular complexity index is 734. The number of nitrogens with zero attached hydrogens (tertiary/aromatic N) is 1. The van der Waals surface area contributed by atoms with Gasteiger partial charge in [-0.2, -0.15) is 5.26 Å². The van der Waals surface area contributed by atoms with Crippen molar-refractivity contribution in [1.29, 1.82) is 5.26 Å². The SMILES string of the molecule is CCc1cc(C(C#N)Cc2ccc(OC)cc2OC)ccc1OC. The van der Waals surface area contributed by atoms with Crippen molar-refractivity contribution in [2.75, 3.05) is 21.3 Å². The van der Waals surface area contributed by atoms with E-state index in [9.17, 15) is 5.26 Å². The lowest BCUT2D eigenvalue weighted by molar-refractivity contribution is 0.390. The number of hydrogen-bond acceptors (Lipinski definition) is 4. The molecular weight excluding hydrogens is 302 g/mol. The minimum Gasteiger partial charge on any atom is -0.497 e. The summed E-state index contributed by atoms with van der Waals surface area (Å²) in [5.41, 5.74) is 3.09. The summed E-state index contributed by atoms with van der Waals surface area (Å²) < 4.78 is 16.0. The molecule has 0 heterocycles. The molecule has 0 aliphatic heterocycles. The first kappa shape index (κ1) is 17.7. The highest BCUT2D eigenvalue weighted by atomic mass is 16.5. The lowest BCUT2D eigenvalue weighted by atomic mass is 9.91. The van der Waals surface area contributed by atoms with Gasteiger partial charge in [-0.05, 0) is 41.7 Å². The molecule has 0 fully saturated rings. The topological polar surface area (TPSA) is 51.5 Å². The van der Waals surface area contributed by atoms with E-state index in [1.807, 2.05) is 30.3 Å². The third-order valence-corrected chi connectivity index (χ3v) is 4.16. The average Bonchev–Trinajstić information content (AvgIpc) is 2.65. The number of benzene rings is 2. The van der Waals surface area contributed by atoms with Gasteiger partial charge in [0.15, 0.2) is 0 Å². The van der Waals surface area contributed by atoms with E-state index in [0.717, 1.165) is 40.4 Å². The molecule has 0 aliphatic rings. The number of hydrogen-bond donors (Lipinski definition) is 0. The molecule has 2 aromatic carbocycles. The second-order valence-electron chi connectivity index (χ2n) is 5.49. The monoisotopic (exact) mass is 325 g/mol. The molecule has 4 heteroatoms. The van der Waals surface area contributed by atoms with Gasteiger partial charge in [0.05, 0.1) is 33.3 Å². The van der Waals surface area contributed by atoms with Crippen molar-refractivity contribution in [3.63, 3.8) is 0 Å². The molecule has 0 saturated carbocycles. The second-order valence-corrected chi connectivity index (χ2v) is 5.49. The van der Waals surface area contributed by atoms with Crippen LogP contribution >= 0.6 is 0 Å². The van der Waals surface area contributed by atoms with Crippen molar-refractivity contribution in [2.24, 2.45) is 0 Å². The van der Waals surface area contributed by atoms with Gasteiger partial charge in [-0.1, -0.05) is 25.1 Å². The van der Waals surface area contributed by atoms with Gasteiger partial charge in [-0.3, -0.25) is 0 Å². The normalized spacial score (nSPS) is 11.5. The van der Waals surface area contributed by atoms with Crippen LogP contribution in [0.1, 0.15) is 29.5 Å². The number of ether oxygens (including phenoxy) is 3. The molecule has 2 rings (SSSR count). The molecule has 0 spiro atoms. The lowest BCUT2D eigenvalue weighted by Crippen LogP contribution is -2.04. The highest BCUT2D eigenvalue weighted by molar-refractivity contribution is 5.44. The van der Waals surface area contributed by atoms with E-state index in [-0.39, 0.29) is 5.92 Å². The number of aryl methyl sites for hydroxylation is 1. The summed E-state index contributed by atoms with van der Waals surface area (Å²) in [4.78, 5) is 0. The summed E-state index contributed by atoms with van der Waals surface area (Å²) >= 11 is 0. The highest BCUT2D eigenvalue weighted by Crippen LogP contribution is 2.31. The minimum atomic E-state index is -0.247. The van der Waals surface area contributed by atoms with Crippen molar-refractivity contribution < 1.29 is 14.2 Å². The largest absolute Gasteiger partial charge is 0.497 e. The van der Waals surface area contributed by atoms with Crippen LogP contribution in [0.25, 0.3) is 0 Å². The molecule has 0 radical (unpaired) electrons. The maximum absolute atomic E-state index is 9.65. The molecule has 0 amide bonds. The van der Waals surface area contributed by atoms with Crippen LogP contribution in [0.5, 0.6) is 17.2 Å². The highest BCUT2D eigenvalue weighted by Gasteiger charge is 2.16. The fraction of sp³-hybridized carbons (Fsp3) is 0.350. The van der Waals surface area contributed by atoms with Gasteiger partial charge in [0.1, 0.15) is 17.2 Å². The summed E-state index contributed by atoms with van der Waals surface area (Å²) in [6, 6.07) is 14.0. The van der Waals surface area contributed by atoms with E-state index >= 15 is 0 Å². The van der Waals surface area contributed by atoms with E-state index in [4.69, 9.17) is 14.2 Å². The molecule has 0 aliphatic carbocycles. The van der Waals surface area contributed by atoms with Crippen LogP contribution in [-0.2, 0) is 12.8 Å². The van der Waals surface area contributed by atoms with E-state index < -0.39 is 0 Å². The molecule has 1 unspecified atom stereocenters. The third kappa shape index (κ3) is 3.80. The first-order chi connectivity index (χ1) is 11.7. The van der Waals surface area contributed by atoms with E-state index in [2.05, 4.69) is 19.1 Å². The predicted octanol–water partition coefficient (Wildman–Crippen LogP) is 4.12. The Morgan fingerprint density at radius 3 is 2.25 bits per heavy atom. The van der Waals surface area contributed by atoms with Gasteiger partial charge in [0, 0.05) is 6.07 Å². The summed E-state index contributed by atoms with van der Waals surface area (Å²) in [6.45, 7) is 2.08. The number of methoxy groups -OCH3 is 3. The standard InChI is InChI=1S/C20H23NO3/c1-5-14-10-15(7-9-19(14)23-3)17(13-21)11-16-6-8-18(22-2)12-20(16)24-4/h6-10,12,17H,5,11H2,1-4H3. The van der Waals surface area contributed by atoms with Crippen molar-refractivity contribution >= 4 is 0 Å². The van der Waals surface area contributed by atoms with Gasteiger partial charge >= 0.3 is 0 Å². The summed E-state index contributed by atoms with van der Waals surface area (Å²) in [5, 5.41) is 9.65. The number of rotatable bonds is 7. The third-order valence-electron chi connectivity index (χ3n) is 4.16. The zero-order valence-corrected chi connectivity index (χ0v) is 14.6. The van der Waals surface area contributed by atoms with Crippen molar-refractivity contribution in [2.45, 2.75) is 25.7 Å². The Balaban J connectivity index is 2.32. The molecule has 0 N–H and O–H groups in total. The molecule has 2 aromatic rings. The van der Waals surface area contributed by atoms with Crippen LogP contribution in [0, 0.1) is 11.3 Å². The summed E-state index contributed by atoms with van der Waals surface area (Å²) in [6.07, 6.45) is 1.44. The van der Waals surface area contributed by atoms with Crippen LogP contribution in [0.15, 0.2) is 36.4 Å². The smallest absolute Gasteiger partial charge is 0.125 e. The Labute approximate surface area is 143 Å². The van der Waals surface area contributed by atoms with Gasteiger partial charge in [0.25, 0.3) is 0 Å². The fourth-order valence-corrected chi connectivity index (χ4v) is 2.77. The summed E-state index contributed by atoms with van der Waals surface area (Å²) in [5.74, 6) is 2.09. The Morgan fingerprint density at radius 1 is 0.917 bits per heavy atom. The van der Waals surface area contributed by atoms with E-state index in [0.29, 0.717) is 6.42 Å². The van der Waals surface area contributed by atoms with Crippen LogP contribution in [0.4, 0.5) is 0 Å². The van der Waals surface area contributed by atoms with Crippen molar-refractivity contribution in [3.8, 4) is 23.3 Å². The van der Waals surface area contributed by atoms with Gasteiger partial charge in [-0.15, -0.1) is 0 Å². The van der Waals surface area contributed by atoms with Crippen LogP contribution in [0.2, 0.25) is 0 Å². The molecule has 1 atom stereocenters. The Morgan fingerprint density at radius 2 is 1.67 bits per heavy atom.